The van der Waals surface area contributed by atoms with Crippen molar-refractivity contribution in [2.45, 2.75) is 75.7 Å². The second-order valence-electron chi connectivity index (χ2n) is 13.0. The number of benzene rings is 2. The fraction of sp³-hybridized carbons (Fsp3) is 0.529. The number of amides is 5. The van der Waals surface area contributed by atoms with Crippen molar-refractivity contribution < 1.29 is 29.0 Å². The monoisotopic (exact) mass is 788 g/mol. The summed E-state index contributed by atoms with van der Waals surface area (Å²) in [5.41, 5.74) is 2.68. The predicted octanol–water partition coefficient (Wildman–Crippen LogP) is 4.68. The SMILES string of the molecule is COC(=O)[C@@H]1CCCN1C1CCN(C(=O)[C@@H](Cc2cc(Br)c(O)c(Br)c2)NC(=O)N2CCC(N3Cc4ccccc4NC3=O)CC2)CC1. The molecule has 2 aromatic carbocycles. The highest BCUT2D eigenvalue weighted by molar-refractivity contribution is 9.11. The number of piperidine rings is 2. The van der Waals surface area contributed by atoms with Crippen molar-refractivity contribution in [2.75, 3.05) is 45.2 Å². The number of carbonyl (C=O) groups is 4. The minimum Gasteiger partial charge on any atom is -0.506 e. The Labute approximate surface area is 297 Å². The van der Waals surface area contributed by atoms with Gasteiger partial charge in [-0.15, -0.1) is 0 Å². The fourth-order valence-corrected chi connectivity index (χ4v) is 8.84. The van der Waals surface area contributed by atoms with Crippen molar-refractivity contribution in [3.8, 4) is 5.75 Å². The number of phenolic OH excluding ortho intramolecular Hbond substituents is 1. The lowest BCUT2D eigenvalue weighted by Gasteiger charge is -2.41. The Balaban J connectivity index is 1.10. The molecule has 0 saturated carbocycles. The van der Waals surface area contributed by atoms with E-state index in [1.807, 2.05) is 34.1 Å². The topological polar surface area (TPSA) is 135 Å². The summed E-state index contributed by atoms with van der Waals surface area (Å²) < 4.78 is 6.01. The summed E-state index contributed by atoms with van der Waals surface area (Å²) in [4.78, 5) is 60.6. The number of methoxy groups -OCH3 is 1. The smallest absolute Gasteiger partial charge is 0.323 e. The van der Waals surface area contributed by atoms with Gasteiger partial charge in [0, 0.05) is 56.9 Å². The number of para-hydroxylation sites is 1. The summed E-state index contributed by atoms with van der Waals surface area (Å²) in [6.07, 6.45) is 4.71. The summed E-state index contributed by atoms with van der Waals surface area (Å²) in [6, 6.07) is 10.00. The summed E-state index contributed by atoms with van der Waals surface area (Å²) in [5.74, 6) is -0.297. The number of aromatic hydroxyl groups is 1. The Morgan fingerprint density at radius 1 is 0.958 bits per heavy atom. The molecule has 4 heterocycles. The van der Waals surface area contributed by atoms with Gasteiger partial charge in [-0.25, -0.2) is 9.59 Å². The highest BCUT2D eigenvalue weighted by Crippen LogP contribution is 2.34. The summed E-state index contributed by atoms with van der Waals surface area (Å²) in [5, 5.41) is 16.3. The molecule has 5 amide bonds. The minimum absolute atomic E-state index is 0.00205. The Bertz CT molecular complexity index is 1520. The van der Waals surface area contributed by atoms with Gasteiger partial charge in [-0.1, -0.05) is 18.2 Å². The summed E-state index contributed by atoms with van der Waals surface area (Å²) in [7, 11) is 1.42. The Morgan fingerprint density at radius 3 is 2.29 bits per heavy atom. The predicted molar refractivity (Wildman–Crippen MR) is 186 cm³/mol. The molecule has 0 unspecified atom stereocenters. The van der Waals surface area contributed by atoms with E-state index in [1.165, 1.54) is 7.11 Å². The molecular formula is C34H42Br2N6O6. The van der Waals surface area contributed by atoms with Crippen molar-refractivity contribution in [1.82, 2.24) is 24.9 Å². The van der Waals surface area contributed by atoms with Crippen LogP contribution in [0.5, 0.6) is 5.75 Å². The summed E-state index contributed by atoms with van der Waals surface area (Å²) in [6.45, 7) is 3.34. The van der Waals surface area contributed by atoms with Crippen LogP contribution in [0, 0.1) is 0 Å². The van der Waals surface area contributed by atoms with Gasteiger partial charge in [-0.05, 0) is 106 Å². The molecule has 258 valence electrons. The van der Waals surface area contributed by atoms with E-state index >= 15 is 0 Å². The zero-order chi connectivity index (χ0) is 33.9. The molecule has 48 heavy (non-hydrogen) atoms. The zero-order valence-corrected chi connectivity index (χ0v) is 30.2. The molecule has 3 fully saturated rings. The van der Waals surface area contributed by atoms with Crippen LogP contribution in [-0.4, -0.2) is 113 Å². The van der Waals surface area contributed by atoms with Crippen molar-refractivity contribution in [1.29, 1.82) is 0 Å². The number of likely N-dealkylation sites (tertiary alicyclic amines) is 3. The molecule has 2 atom stereocenters. The van der Waals surface area contributed by atoms with Gasteiger partial charge in [0.2, 0.25) is 5.91 Å². The first-order valence-corrected chi connectivity index (χ1v) is 18.2. The largest absolute Gasteiger partial charge is 0.506 e. The van der Waals surface area contributed by atoms with Crippen LogP contribution >= 0.6 is 31.9 Å². The normalized spacial score (nSPS) is 21.4. The Hall–Kier alpha value is -3.36. The average molecular weight is 791 g/mol. The van der Waals surface area contributed by atoms with Crippen molar-refractivity contribution in [2.24, 2.45) is 0 Å². The maximum Gasteiger partial charge on any atom is 0.323 e. The number of nitrogens with one attached hydrogen (secondary N) is 2. The molecule has 14 heteroatoms. The molecule has 0 spiro atoms. The van der Waals surface area contributed by atoms with Gasteiger partial charge in [0.05, 0.1) is 16.1 Å². The van der Waals surface area contributed by atoms with Crippen molar-refractivity contribution in [3.05, 3.63) is 56.5 Å². The van der Waals surface area contributed by atoms with E-state index in [0.29, 0.717) is 54.5 Å². The molecule has 3 N–H and O–H groups in total. The van der Waals surface area contributed by atoms with Crippen LogP contribution in [0.2, 0.25) is 0 Å². The number of esters is 1. The lowest BCUT2D eigenvalue weighted by atomic mass is 9.99. The van der Waals surface area contributed by atoms with Crippen LogP contribution in [0.3, 0.4) is 0 Å². The van der Waals surface area contributed by atoms with Crippen LogP contribution in [0.25, 0.3) is 0 Å². The van der Waals surface area contributed by atoms with Gasteiger partial charge >= 0.3 is 18.0 Å². The molecule has 0 aliphatic carbocycles. The molecule has 4 aliphatic heterocycles. The van der Waals surface area contributed by atoms with Crippen LogP contribution in [-0.2, 0) is 27.3 Å². The van der Waals surface area contributed by atoms with E-state index in [4.69, 9.17) is 4.74 Å². The third kappa shape index (κ3) is 7.45. The molecule has 0 radical (unpaired) electrons. The van der Waals surface area contributed by atoms with E-state index in [9.17, 15) is 24.3 Å². The van der Waals surface area contributed by atoms with E-state index in [1.54, 1.807) is 17.0 Å². The first kappa shape index (κ1) is 34.5. The second-order valence-corrected chi connectivity index (χ2v) is 14.7. The molecule has 0 bridgehead atoms. The summed E-state index contributed by atoms with van der Waals surface area (Å²) >= 11 is 6.77. The van der Waals surface area contributed by atoms with Crippen LogP contribution in [0.4, 0.5) is 15.3 Å². The number of urea groups is 2. The Morgan fingerprint density at radius 2 is 1.60 bits per heavy atom. The van der Waals surface area contributed by atoms with Crippen molar-refractivity contribution in [3.63, 3.8) is 0 Å². The second kappa shape index (κ2) is 15.0. The average Bonchev–Trinajstić information content (AvgIpc) is 3.60. The first-order chi connectivity index (χ1) is 23.1. The number of rotatable bonds is 7. The quantitative estimate of drug-likeness (QED) is 0.347. The highest BCUT2D eigenvalue weighted by Gasteiger charge is 2.39. The van der Waals surface area contributed by atoms with Gasteiger partial charge in [0.1, 0.15) is 17.8 Å². The number of hydrogen-bond acceptors (Lipinski definition) is 7. The first-order valence-electron chi connectivity index (χ1n) is 16.6. The standard InChI is InChI=1S/C34H42Br2N6O6/c1-48-32(45)29-7-4-12-41(29)23-8-13-39(14-9-23)31(44)28(19-21-17-25(35)30(43)26(36)18-21)38-33(46)40-15-10-24(11-16-40)42-20-22-5-2-3-6-27(22)37-34(42)47/h2-3,5-6,17-18,23-24,28-29,43H,4,7-16,19-20H2,1H3,(H,37,47)(H,38,46)/t28-,29+/m1/s1. The molecular weight excluding hydrogens is 748 g/mol. The number of halogens is 2. The van der Waals surface area contributed by atoms with E-state index in [0.717, 1.165) is 49.0 Å². The number of carbonyl (C=O) groups excluding carboxylic acids is 4. The number of phenols is 1. The van der Waals surface area contributed by atoms with Crippen LogP contribution in [0.1, 0.15) is 49.7 Å². The van der Waals surface area contributed by atoms with Crippen molar-refractivity contribution >= 4 is 61.5 Å². The van der Waals surface area contributed by atoms with Gasteiger partial charge in [-0.3, -0.25) is 14.5 Å². The third-order valence-electron chi connectivity index (χ3n) is 10.2. The Kier molecular flexibility index (Phi) is 10.8. The van der Waals surface area contributed by atoms with Crippen LogP contribution in [0.15, 0.2) is 45.3 Å². The fourth-order valence-electron chi connectivity index (χ4n) is 7.56. The minimum atomic E-state index is -0.825. The van der Waals surface area contributed by atoms with Gasteiger partial charge in [-0.2, -0.15) is 0 Å². The van der Waals surface area contributed by atoms with E-state index in [-0.39, 0.29) is 54.2 Å². The zero-order valence-electron chi connectivity index (χ0n) is 27.0. The van der Waals surface area contributed by atoms with Gasteiger partial charge in [0.25, 0.3) is 0 Å². The number of nitrogens with zero attached hydrogens (tertiary/aromatic N) is 4. The van der Waals surface area contributed by atoms with E-state index < -0.39 is 6.04 Å². The maximum atomic E-state index is 14.1. The van der Waals surface area contributed by atoms with Gasteiger partial charge < -0.3 is 35.2 Å². The lowest BCUT2D eigenvalue weighted by Crippen LogP contribution is -2.58. The number of fused-ring (bicyclic) bond motifs is 1. The van der Waals surface area contributed by atoms with Gasteiger partial charge in [0.15, 0.2) is 0 Å². The molecule has 3 saturated heterocycles. The highest BCUT2D eigenvalue weighted by atomic mass is 79.9. The molecule has 2 aromatic rings. The molecule has 12 nitrogen and oxygen atoms in total. The lowest BCUT2D eigenvalue weighted by molar-refractivity contribution is -0.147. The van der Waals surface area contributed by atoms with E-state index in [2.05, 4.69) is 47.4 Å². The number of anilines is 1. The van der Waals surface area contributed by atoms with Crippen LogP contribution < -0.4 is 10.6 Å². The number of hydrogen-bond donors (Lipinski definition) is 3. The molecule has 0 aromatic heterocycles. The molecule has 6 rings (SSSR count). The third-order valence-corrected chi connectivity index (χ3v) is 11.4. The molecule has 4 aliphatic rings. The number of ether oxygens (including phenoxy) is 1. The maximum absolute atomic E-state index is 14.1.